The highest BCUT2D eigenvalue weighted by Crippen LogP contribution is 2.25. The average molecular weight is 280 g/mol. The molecule has 0 aliphatic carbocycles. The zero-order valence-corrected chi connectivity index (χ0v) is 12.6. The van der Waals surface area contributed by atoms with Gasteiger partial charge in [-0.1, -0.05) is 0 Å². The monoisotopic (exact) mass is 280 g/mol. The molecular weight excluding hydrogens is 256 g/mol. The smallest absolute Gasteiger partial charge is 0.187 e. The van der Waals surface area contributed by atoms with Crippen LogP contribution in [-0.4, -0.2) is 61.3 Å². The van der Waals surface area contributed by atoms with Gasteiger partial charge in [-0.2, -0.15) is 5.10 Å². The lowest BCUT2D eigenvalue weighted by Crippen LogP contribution is -2.33. The summed E-state index contributed by atoms with van der Waals surface area (Å²) in [5, 5.41) is 7.59. The number of methoxy groups -OCH3 is 1. The topological polar surface area (TPSA) is 59.4 Å². The van der Waals surface area contributed by atoms with Gasteiger partial charge < -0.3 is 15.0 Å². The van der Waals surface area contributed by atoms with Crippen molar-refractivity contribution in [1.82, 2.24) is 20.0 Å². The number of rotatable bonds is 6. The Kier molecular flexibility index (Phi) is 5.14. The van der Waals surface area contributed by atoms with Crippen molar-refractivity contribution in [1.29, 1.82) is 0 Å². The van der Waals surface area contributed by atoms with E-state index in [2.05, 4.69) is 15.3 Å². The molecule has 1 aromatic rings. The molecule has 0 aromatic carbocycles. The van der Waals surface area contributed by atoms with Crippen LogP contribution in [0.2, 0.25) is 0 Å². The van der Waals surface area contributed by atoms with Crippen molar-refractivity contribution in [2.45, 2.75) is 19.4 Å². The summed E-state index contributed by atoms with van der Waals surface area (Å²) in [4.78, 5) is 14.8. The van der Waals surface area contributed by atoms with E-state index < -0.39 is 0 Å². The summed E-state index contributed by atoms with van der Waals surface area (Å²) in [6, 6.07) is 0. The molecule has 2 rings (SSSR count). The summed E-state index contributed by atoms with van der Waals surface area (Å²) in [6.45, 7) is 3.36. The van der Waals surface area contributed by atoms with Crippen molar-refractivity contribution in [3.8, 4) is 5.75 Å². The molecule has 1 saturated heterocycles. The Balaban J connectivity index is 2.18. The highest BCUT2D eigenvalue weighted by atomic mass is 16.5. The molecule has 0 unspecified atom stereocenters. The van der Waals surface area contributed by atoms with Crippen LogP contribution in [0.25, 0.3) is 0 Å². The molecule has 1 aromatic heterocycles. The number of nitrogens with zero attached hydrogens (tertiary/aromatic N) is 3. The highest BCUT2D eigenvalue weighted by molar-refractivity contribution is 5.98. The van der Waals surface area contributed by atoms with Crippen molar-refractivity contribution < 1.29 is 9.53 Å². The minimum absolute atomic E-state index is 0.0833. The number of piperidine rings is 1. The van der Waals surface area contributed by atoms with Crippen molar-refractivity contribution in [3.63, 3.8) is 0 Å². The Labute approximate surface area is 120 Å². The number of likely N-dealkylation sites (N-methyl/N-ethyl adjacent to an activating group) is 1. The van der Waals surface area contributed by atoms with Crippen molar-refractivity contribution in [3.05, 3.63) is 11.9 Å². The second kappa shape index (κ2) is 6.85. The summed E-state index contributed by atoms with van der Waals surface area (Å²) >= 11 is 0. The second-order valence-corrected chi connectivity index (χ2v) is 5.48. The summed E-state index contributed by atoms with van der Waals surface area (Å²) in [7, 11) is 5.61. The number of carbonyl (C=O) groups is 1. The fraction of sp³-hybridized carbons (Fsp3) is 0.714. The molecule has 1 aliphatic heterocycles. The maximum absolute atomic E-state index is 12.7. The van der Waals surface area contributed by atoms with Crippen LogP contribution in [-0.2, 0) is 6.54 Å². The molecule has 0 amide bonds. The molecule has 0 radical (unpaired) electrons. The number of aromatic nitrogens is 2. The quantitative estimate of drug-likeness (QED) is 0.775. The van der Waals surface area contributed by atoms with Gasteiger partial charge in [0.25, 0.3) is 0 Å². The fourth-order valence-electron chi connectivity index (χ4n) is 2.51. The summed E-state index contributed by atoms with van der Waals surface area (Å²) in [5.41, 5.74) is 0.626. The third kappa shape index (κ3) is 3.37. The Morgan fingerprint density at radius 3 is 2.80 bits per heavy atom. The van der Waals surface area contributed by atoms with E-state index in [4.69, 9.17) is 4.74 Å². The first-order valence-electron chi connectivity index (χ1n) is 7.13. The van der Waals surface area contributed by atoms with Crippen LogP contribution >= 0.6 is 0 Å². The Morgan fingerprint density at radius 1 is 1.50 bits per heavy atom. The van der Waals surface area contributed by atoms with Crippen molar-refractivity contribution in [2.24, 2.45) is 5.92 Å². The van der Waals surface area contributed by atoms with E-state index in [9.17, 15) is 4.79 Å². The summed E-state index contributed by atoms with van der Waals surface area (Å²) in [6.07, 6.45) is 3.42. The maximum Gasteiger partial charge on any atom is 0.187 e. The fourth-order valence-corrected chi connectivity index (χ4v) is 2.51. The summed E-state index contributed by atoms with van der Waals surface area (Å²) in [5.74, 6) is 0.840. The lowest BCUT2D eigenvalue weighted by molar-refractivity contribution is 0.0879. The van der Waals surface area contributed by atoms with Crippen LogP contribution < -0.4 is 10.1 Å². The molecule has 0 saturated carbocycles. The zero-order chi connectivity index (χ0) is 14.5. The number of ether oxygens (including phenoxy) is 1. The molecule has 1 fully saturated rings. The SMILES string of the molecule is COc1cnn(CCN(C)C)c1C(=O)C1CCNCC1. The van der Waals surface area contributed by atoms with Gasteiger partial charge in [0.1, 0.15) is 5.69 Å². The van der Waals surface area contributed by atoms with Crippen molar-refractivity contribution in [2.75, 3.05) is 40.8 Å². The standard InChI is InChI=1S/C14H24N4O2/c1-17(2)8-9-18-13(12(20-3)10-16-18)14(19)11-4-6-15-7-5-11/h10-11,15H,4-9H2,1-3H3. The molecule has 0 atom stereocenters. The van der Waals surface area contributed by atoms with Gasteiger partial charge in [-0.3, -0.25) is 9.48 Å². The van der Waals surface area contributed by atoms with Gasteiger partial charge in [-0.25, -0.2) is 0 Å². The van der Waals surface area contributed by atoms with E-state index in [0.717, 1.165) is 32.5 Å². The molecule has 2 heterocycles. The first-order valence-corrected chi connectivity index (χ1v) is 7.13. The largest absolute Gasteiger partial charge is 0.493 e. The van der Waals surface area contributed by atoms with Gasteiger partial charge in [-0.05, 0) is 40.0 Å². The van der Waals surface area contributed by atoms with E-state index in [-0.39, 0.29) is 11.7 Å². The predicted molar refractivity (Wildman–Crippen MR) is 77.3 cm³/mol. The number of hydrogen-bond acceptors (Lipinski definition) is 5. The van der Waals surface area contributed by atoms with Crippen LogP contribution in [0, 0.1) is 5.92 Å². The average Bonchev–Trinajstić information content (AvgIpc) is 2.88. The number of Topliss-reactive ketones (excluding diaryl/α,β-unsaturated/α-hetero) is 1. The van der Waals surface area contributed by atoms with E-state index in [0.29, 0.717) is 18.0 Å². The zero-order valence-electron chi connectivity index (χ0n) is 12.6. The Hall–Kier alpha value is -1.40. The lowest BCUT2D eigenvalue weighted by Gasteiger charge is -2.22. The van der Waals surface area contributed by atoms with Gasteiger partial charge in [0.15, 0.2) is 11.5 Å². The molecule has 0 spiro atoms. The van der Waals surface area contributed by atoms with E-state index in [1.807, 2.05) is 14.1 Å². The first-order chi connectivity index (χ1) is 9.63. The molecule has 1 aliphatic rings. The molecule has 20 heavy (non-hydrogen) atoms. The number of carbonyl (C=O) groups excluding carboxylic acids is 1. The van der Waals surface area contributed by atoms with Gasteiger partial charge in [0.05, 0.1) is 19.9 Å². The molecule has 112 valence electrons. The highest BCUT2D eigenvalue weighted by Gasteiger charge is 2.28. The predicted octanol–water partition coefficient (Wildman–Crippen LogP) is 0.636. The third-order valence-electron chi connectivity index (χ3n) is 3.73. The maximum atomic E-state index is 12.7. The van der Waals surface area contributed by atoms with Crippen LogP contribution in [0.4, 0.5) is 0 Å². The van der Waals surface area contributed by atoms with E-state index >= 15 is 0 Å². The van der Waals surface area contributed by atoms with Gasteiger partial charge in [0.2, 0.25) is 0 Å². The van der Waals surface area contributed by atoms with Crippen LogP contribution in [0.1, 0.15) is 23.3 Å². The molecule has 6 nitrogen and oxygen atoms in total. The number of ketones is 1. The lowest BCUT2D eigenvalue weighted by atomic mass is 9.91. The van der Waals surface area contributed by atoms with Crippen LogP contribution in [0.15, 0.2) is 6.20 Å². The third-order valence-corrected chi connectivity index (χ3v) is 3.73. The van der Waals surface area contributed by atoms with E-state index in [1.54, 1.807) is 18.0 Å². The second-order valence-electron chi connectivity index (χ2n) is 5.48. The van der Waals surface area contributed by atoms with Crippen molar-refractivity contribution >= 4 is 5.78 Å². The van der Waals surface area contributed by atoms with Crippen LogP contribution in [0.3, 0.4) is 0 Å². The summed E-state index contributed by atoms with van der Waals surface area (Å²) < 4.78 is 7.09. The van der Waals surface area contributed by atoms with Gasteiger partial charge >= 0.3 is 0 Å². The Morgan fingerprint density at radius 2 is 2.20 bits per heavy atom. The molecule has 1 N–H and O–H groups in total. The normalized spacial score (nSPS) is 16.6. The van der Waals surface area contributed by atoms with Gasteiger partial charge in [-0.15, -0.1) is 0 Å². The van der Waals surface area contributed by atoms with Crippen LogP contribution in [0.5, 0.6) is 5.75 Å². The molecular formula is C14H24N4O2. The minimum atomic E-state index is 0.0833. The molecule has 6 heteroatoms. The first kappa shape index (κ1) is 15.0. The van der Waals surface area contributed by atoms with Gasteiger partial charge in [0, 0.05) is 12.5 Å². The number of nitrogens with one attached hydrogen (secondary N) is 1. The Bertz CT molecular complexity index is 450. The molecule has 0 bridgehead atoms. The van der Waals surface area contributed by atoms with E-state index in [1.165, 1.54) is 0 Å². The number of hydrogen-bond donors (Lipinski definition) is 1. The minimum Gasteiger partial charge on any atom is -0.493 e.